The molecular weight excluding hydrogens is 331 g/mol. The number of nitrogens with two attached hydrogens (primary N) is 1. The summed E-state index contributed by atoms with van der Waals surface area (Å²) in [6.45, 7) is 5.37. The zero-order valence-electron chi connectivity index (χ0n) is 10.2. The molecule has 1 rings (SSSR count). The van der Waals surface area contributed by atoms with Gasteiger partial charge in [-0.25, -0.2) is 0 Å². The lowest BCUT2D eigenvalue weighted by Crippen LogP contribution is -2.53. The van der Waals surface area contributed by atoms with E-state index < -0.39 is 5.54 Å². The number of aromatic nitrogens is 2. The molecule has 0 saturated carbocycles. The van der Waals surface area contributed by atoms with E-state index in [-0.39, 0.29) is 5.91 Å². The summed E-state index contributed by atoms with van der Waals surface area (Å²) in [6.07, 6.45) is 5.35. The monoisotopic (exact) mass is 350 g/mol. The minimum Gasteiger partial charge on any atom is -0.368 e. The van der Waals surface area contributed by atoms with E-state index >= 15 is 0 Å². The third kappa shape index (κ3) is 4.27. The minimum atomic E-state index is -0.659. The van der Waals surface area contributed by atoms with E-state index in [4.69, 9.17) is 5.73 Å². The number of primary amides is 1. The van der Waals surface area contributed by atoms with Crippen molar-refractivity contribution in [3.05, 3.63) is 16.0 Å². The smallest absolute Gasteiger partial charge is 0.237 e. The fourth-order valence-corrected chi connectivity index (χ4v) is 1.94. The molecule has 0 aromatic carbocycles. The molecular formula is C11H19IN4O. The van der Waals surface area contributed by atoms with Crippen molar-refractivity contribution in [1.29, 1.82) is 0 Å². The first-order valence-electron chi connectivity index (χ1n) is 5.71. The number of nitrogens with zero attached hydrogens (tertiary/aromatic N) is 2. The van der Waals surface area contributed by atoms with Crippen molar-refractivity contribution in [1.82, 2.24) is 15.1 Å². The molecule has 0 aliphatic heterocycles. The molecule has 6 heteroatoms. The number of hydrogen-bond donors (Lipinski definition) is 2. The van der Waals surface area contributed by atoms with E-state index in [0.717, 1.165) is 16.5 Å². The van der Waals surface area contributed by atoms with Crippen LogP contribution < -0.4 is 11.1 Å². The summed E-state index contributed by atoms with van der Waals surface area (Å²) in [5.74, 6) is -0.312. The first-order valence-corrected chi connectivity index (χ1v) is 6.78. The largest absolute Gasteiger partial charge is 0.368 e. The average Bonchev–Trinajstić information content (AvgIpc) is 2.69. The summed E-state index contributed by atoms with van der Waals surface area (Å²) in [5.41, 5.74) is 4.79. The SMILES string of the molecule is CCCNC(C)(CCn1cc(I)cn1)C(N)=O. The van der Waals surface area contributed by atoms with Gasteiger partial charge in [0, 0.05) is 12.7 Å². The van der Waals surface area contributed by atoms with Crippen LogP contribution in [0.2, 0.25) is 0 Å². The number of carbonyl (C=O) groups is 1. The number of rotatable bonds is 7. The van der Waals surface area contributed by atoms with Crippen LogP contribution >= 0.6 is 22.6 Å². The lowest BCUT2D eigenvalue weighted by Gasteiger charge is -2.27. The lowest BCUT2D eigenvalue weighted by molar-refractivity contribution is -0.124. The summed E-state index contributed by atoms with van der Waals surface area (Å²) in [6, 6.07) is 0. The Bertz CT molecular complexity index is 379. The molecule has 96 valence electrons. The Kier molecular flexibility index (Phi) is 5.38. The van der Waals surface area contributed by atoms with Gasteiger partial charge in [-0.2, -0.15) is 5.10 Å². The van der Waals surface area contributed by atoms with E-state index in [9.17, 15) is 4.79 Å². The van der Waals surface area contributed by atoms with Gasteiger partial charge in [-0.05, 0) is 48.9 Å². The highest BCUT2D eigenvalue weighted by Crippen LogP contribution is 2.11. The van der Waals surface area contributed by atoms with Gasteiger partial charge in [0.25, 0.3) is 0 Å². The van der Waals surface area contributed by atoms with E-state index in [1.54, 1.807) is 6.20 Å². The fraction of sp³-hybridized carbons (Fsp3) is 0.636. The van der Waals surface area contributed by atoms with Crippen LogP contribution in [0.25, 0.3) is 0 Å². The van der Waals surface area contributed by atoms with Crippen molar-refractivity contribution >= 4 is 28.5 Å². The van der Waals surface area contributed by atoms with Gasteiger partial charge >= 0.3 is 0 Å². The van der Waals surface area contributed by atoms with Crippen molar-refractivity contribution in [2.24, 2.45) is 5.73 Å². The maximum Gasteiger partial charge on any atom is 0.237 e. The van der Waals surface area contributed by atoms with Crippen molar-refractivity contribution in [3.63, 3.8) is 0 Å². The molecule has 0 saturated heterocycles. The molecule has 1 aromatic rings. The highest BCUT2D eigenvalue weighted by Gasteiger charge is 2.29. The summed E-state index contributed by atoms with van der Waals surface area (Å²) in [4.78, 5) is 11.5. The molecule has 1 atom stereocenters. The van der Waals surface area contributed by atoms with Crippen molar-refractivity contribution < 1.29 is 4.79 Å². The third-order valence-corrected chi connectivity index (χ3v) is 3.31. The number of carbonyl (C=O) groups excluding carboxylic acids is 1. The number of nitrogens with one attached hydrogen (secondary N) is 1. The molecule has 0 fully saturated rings. The van der Waals surface area contributed by atoms with Crippen LogP contribution in [0.15, 0.2) is 12.4 Å². The molecule has 0 aliphatic rings. The molecule has 0 spiro atoms. The van der Waals surface area contributed by atoms with Gasteiger partial charge in [0.05, 0.1) is 15.3 Å². The summed E-state index contributed by atoms with van der Waals surface area (Å²) in [7, 11) is 0. The van der Waals surface area contributed by atoms with Crippen LogP contribution in [-0.2, 0) is 11.3 Å². The molecule has 5 nitrogen and oxygen atoms in total. The first-order chi connectivity index (χ1) is 7.98. The second-order valence-corrected chi connectivity index (χ2v) is 5.54. The van der Waals surface area contributed by atoms with E-state index in [1.165, 1.54) is 0 Å². The Balaban J connectivity index is 2.58. The van der Waals surface area contributed by atoms with E-state index in [0.29, 0.717) is 13.0 Å². The Morgan fingerprint density at radius 1 is 1.71 bits per heavy atom. The molecule has 17 heavy (non-hydrogen) atoms. The summed E-state index contributed by atoms with van der Waals surface area (Å²) in [5, 5.41) is 7.39. The minimum absolute atomic E-state index is 0.312. The van der Waals surface area contributed by atoms with Gasteiger partial charge in [0.1, 0.15) is 0 Å². The Morgan fingerprint density at radius 2 is 2.41 bits per heavy atom. The van der Waals surface area contributed by atoms with E-state index in [2.05, 4.69) is 39.9 Å². The molecule has 1 heterocycles. The molecule has 3 N–H and O–H groups in total. The van der Waals surface area contributed by atoms with Gasteiger partial charge in [-0.15, -0.1) is 0 Å². The van der Waals surface area contributed by atoms with Gasteiger partial charge in [0.2, 0.25) is 5.91 Å². The molecule has 1 aromatic heterocycles. The molecule has 0 radical (unpaired) electrons. The summed E-state index contributed by atoms with van der Waals surface area (Å²) >= 11 is 2.21. The zero-order valence-corrected chi connectivity index (χ0v) is 12.4. The van der Waals surface area contributed by atoms with Gasteiger partial charge < -0.3 is 11.1 Å². The standard InChI is InChI=1S/C11H19IN4O/c1-3-5-14-11(2,10(13)17)4-6-16-8-9(12)7-15-16/h7-8,14H,3-6H2,1-2H3,(H2,13,17). The predicted octanol–water partition coefficient (Wildman–Crippen LogP) is 1.12. The molecule has 0 bridgehead atoms. The van der Waals surface area contributed by atoms with E-state index in [1.807, 2.05) is 17.8 Å². The second kappa shape index (κ2) is 6.34. The third-order valence-electron chi connectivity index (χ3n) is 2.75. The molecule has 1 amide bonds. The Labute approximate surface area is 115 Å². The van der Waals surface area contributed by atoms with Crippen LogP contribution in [0.1, 0.15) is 26.7 Å². The predicted molar refractivity (Wildman–Crippen MR) is 75.5 cm³/mol. The highest BCUT2D eigenvalue weighted by molar-refractivity contribution is 14.1. The zero-order chi connectivity index (χ0) is 12.9. The summed E-state index contributed by atoms with van der Waals surface area (Å²) < 4.78 is 2.92. The maximum atomic E-state index is 11.5. The highest BCUT2D eigenvalue weighted by atomic mass is 127. The topological polar surface area (TPSA) is 72.9 Å². The number of hydrogen-bond acceptors (Lipinski definition) is 3. The van der Waals surface area contributed by atoms with Crippen LogP contribution in [0.4, 0.5) is 0 Å². The number of amides is 1. The van der Waals surface area contributed by atoms with Crippen LogP contribution in [0.3, 0.4) is 0 Å². The van der Waals surface area contributed by atoms with Crippen molar-refractivity contribution in [2.75, 3.05) is 6.54 Å². The molecule has 1 unspecified atom stereocenters. The van der Waals surface area contributed by atoms with Crippen molar-refractivity contribution in [3.8, 4) is 0 Å². The van der Waals surface area contributed by atoms with Crippen LogP contribution in [-0.4, -0.2) is 27.8 Å². The first kappa shape index (κ1) is 14.4. The quantitative estimate of drug-likeness (QED) is 0.724. The van der Waals surface area contributed by atoms with Gasteiger partial charge in [-0.3, -0.25) is 9.48 Å². The second-order valence-electron chi connectivity index (χ2n) is 4.29. The Hall–Kier alpha value is -0.630. The fourth-order valence-electron chi connectivity index (χ4n) is 1.50. The van der Waals surface area contributed by atoms with Gasteiger partial charge in [-0.1, -0.05) is 6.92 Å². The average molecular weight is 350 g/mol. The van der Waals surface area contributed by atoms with Crippen LogP contribution in [0, 0.1) is 3.57 Å². The Morgan fingerprint density at radius 3 is 2.88 bits per heavy atom. The number of aryl methyl sites for hydroxylation is 1. The van der Waals surface area contributed by atoms with Crippen LogP contribution in [0.5, 0.6) is 0 Å². The normalized spacial score (nSPS) is 14.5. The number of halogens is 1. The lowest BCUT2D eigenvalue weighted by atomic mass is 9.97. The van der Waals surface area contributed by atoms with Gasteiger partial charge in [0.15, 0.2) is 0 Å². The van der Waals surface area contributed by atoms with Crippen molar-refractivity contribution in [2.45, 2.75) is 38.8 Å². The maximum absolute atomic E-state index is 11.5. The molecule has 0 aliphatic carbocycles.